The molecule has 1 aliphatic carbocycles. The topological polar surface area (TPSA) is 76.0 Å². The van der Waals surface area contributed by atoms with Crippen LogP contribution in [0.4, 0.5) is 0 Å². The molecule has 94 valence electrons. The maximum Gasteiger partial charge on any atom is 0.305 e. The highest BCUT2D eigenvalue weighted by Gasteiger charge is 2.38. The van der Waals surface area contributed by atoms with Crippen molar-refractivity contribution < 1.29 is 24.5 Å². The zero-order valence-electron chi connectivity index (χ0n) is 9.79. The number of rotatable bonds is 4. The lowest BCUT2D eigenvalue weighted by Crippen LogP contribution is -2.45. The van der Waals surface area contributed by atoms with E-state index in [9.17, 15) is 9.90 Å². The fourth-order valence-corrected chi connectivity index (χ4v) is 1.52. The minimum Gasteiger partial charge on any atom is -0.426 e. The molecule has 2 atom stereocenters. The molecule has 0 radical (unpaired) electrons. The fourth-order valence-electron chi connectivity index (χ4n) is 1.52. The predicted molar refractivity (Wildman–Crippen MR) is 61.0 cm³/mol. The van der Waals surface area contributed by atoms with Gasteiger partial charge in [-0.2, -0.15) is 0 Å². The molecular formula is C12H16O5. The van der Waals surface area contributed by atoms with Crippen molar-refractivity contribution in [3.63, 3.8) is 0 Å². The molecule has 0 spiro atoms. The molecule has 0 amide bonds. The molecule has 0 saturated heterocycles. The van der Waals surface area contributed by atoms with Gasteiger partial charge < -0.3 is 19.7 Å². The van der Waals surface area contributed by atoms with Gasteiger partial charge in [0, 0.05) is 14.0 Å². The summed E-state index contributed by atoms with van der Waals surface area (Å²) >= 11 is 0. The Morgan fingerprint density at radius 2 is 2.35 bits per heavy atom. The van der Waals surface area contributed by atoms with Gasteiger partial charge in [-0.1, -0.05) is 18.2 Å². The number of hydrogen-bond donors (Lipinski definition) is 2. The van der Waals surface area contributed by atoms with Gasteiger partial charge in [-0.05, 0) is 17.7 Å². The number of ether oxygens (including phenoxy) is 2. The van der Waals surface area contributed by atoms with Crippen LogP contribution in [0.3, 0.4) is 0 Å². The molecule has 0 aromatic heterocycles. The molecule has 17 heavy (non-hydrogen) atoms. The smallest absolute Gasteiger partial charge is 0.305 e. The Bertz CT molecular complexity index is 369. The second kappa shape index (κ2) is 5.77. The van der Waals surface area contributed by atoms with Crippen molar-refractivity contribution in [3.05, 3.63) is 36.0 Å². The summed E-state index contributed by atoms with van der Waals surface area (Å²) in [6.07, 6.45) is 6.99. The van der Waals surface area contributed by atoms with E-state index in [2.05, 4.69) is 0 Å². The summed E-state index contributed by atoms with van der Waals surface area (Å²) < 4.78 is 9.89. The van der Waals surface area contributed by atoms with Crippen molar-refractivity contribution in [2.75, 3.05) is 13.7 Å². The van der Waals surface area contributed by atoms with Crippen LogP contribution < -0.4 is 0 Å². The SMILES string of the molecule is COC1C=C(/C=C/CO)C=CC1(O)OC(C)=O. The van der Waals surface area contributed by atoms with E-state index in [-0.39, 0.29) is 6.61 Å². The van der Waals surface area contributed by atoms with E-state index in [0.717, 1.165) is 5.57 Å². The van der Waals surface area contributed by atoms with Crippen molar-refractivity contribution in [2.24, 2.45) is 0 Å². The van der Waals surface area contributed by atoms with Crippen LogP contribution in [0, 0.1) is 0 Å². The van der Waals surface area contributed by atoms with Crippen LogP contribution in [-0.4, -0.2) is 41.8 Å². The Hall–Kier alpha value is -1.43. The third kappa shape index (κ3) is 3.52. The fraction of sp³-hybridized carbons (Fsp3) is 0.417. The Morgan fingerprint density at radius 3 is 2.88 bits per heavy atom. The normalized spacial score (nSPS) is 28.2. The largest absolute Gasteiger partial charge is 0.426 e. The quantitative estimate of drug-likeness (QED) is 0.546. The Balaban J connectivity index is 2.88. The zero-order valence-corrected chi connectivity index (χ0v) is 9.79. The highest BCUT2D eigenvalue weighted by atomic mass is 16.7. The van der Waals surface area contributed by atoms with Gasteiger partial charge in [0.25, 0.3) is 5.79 Å². The maximum absolute atomic E-state index is 10.9. The molecule has 0 saturated carbocycles. The van der Waals surface area contributed by atoms with E-state index in [1.165, 1.54) is 20.1 Å². The summed E-state index contributed by atoms with van der Waals surface area (Å²) in [5.74, 6) is -2.38. The number of aliphatic hydroxyl groups is 2. The van der Waals surface area contributed by atoms with Crippen LogP contribution in [0.25, 0.3) is 0 Å². The van der Waals surface area contributed by atoms with Crippen molar-refractivity contribution in [3.8, 4) is 0 Å². The van der Waals surface area contributed by atoms with E-state index in [1.54, 1.807) is 24.3 Å². The summed E-state index contributed by atoms with van der Waals surface area (Å²) in [6.45, 7) is 1.14. The highest BCUT2D eigenvalue weighted by Crippen LogP contribution is 2.25. The van der Waals surface area contributed by atoms with Gasteiger partial charge in [-0.3, -0.25) is 4.79 Å². The molecule has 0 bridgehead atoms. The van der Waals surface area contributed by atoms with Gasteiger partial charge in [0.2, 0.25) is 0 Å². The lowest BCUT2D eigenvalue weighted by atomic mass is 9.98. The average Bonchev–Trinajstić information content (AvgIpc) is 2.26. The van der Waals surface area contributed by atoms with Crippen molar-refractivity contribution in [1.82, 2.24) is 0 Å². The Labute approximate surface area is 99.7 Å². The first-order valence-electron chi connectivity index (χ1n) is 5.15. The van der Waals surface area contributed by atoms with Gasteiger partial charge in [0.05, 0.1) is 6.61 Å². The molecule has 0 aromatic rings. The molecule has 5 nitrogen and oxygen atoms in total. The molecule has 0 aliphatic heterocycles. The zero-order chi connectivity index (χ0) is 12.9. The third-order valence-electron chi connectivity index (χ3n) is 2.24. The number of methoxy groups -OCH3 is 1. The Morgan fingerprint density at radius 1 is 1.65 bits per heavy atom. The summed E-state index contributed by atoms with van der Waals surface area (Å²) in [7, 11) is 1.40. The summed E-state index contributed by atoms with van der Waals surface area (Å²) in [5, 5.41) is 18.7. The third-order valence-corrected chi connectivity index (χ3v) is 2.24. The molecule has 0 aromatic carbocycles. The molecule has 2 N–H and O–H groups in total. The average molecular weight is 240 g/mol. The minimum absolute atomic E-state index is 0.0724. The molecule has 1 aliphatic rings. The molecule has 2 unspecified atom stereocenters. The number of hydrogen-bond acceptors (Lipinski definition) is 5. The van der Waals surface area contributed by atoms with Crippen molar-refractivity contribution in [2.45, 2.75) is 18.8 Å². The van der Waals surface area contributed by atoms with Crippen LogP contribution in [0.5, 0.6) is 0 Å². The standard InChI is InChI=1S/C12H16O5/c1-9(14)17-12(15)6-5-10(4-3-7-13)8-11(12)16-2/h3-6,8,11,13,15H,7H2,1-2H3/b4-3+. The van der Waals surface area contributed by atoms with Crippen LogP contribution in [0.15, 0.2) is 36.0 Å². The number of esters is 1. The van der Waals surface area contributed by atoms with Gasteiger partial charge in [0.1, 0.15) is 6.10 Å². The van der Waals surface area contributed by atoms with Crippen LogP contribution >= 0.6 is 0 Å². The van der Waals surface area contributed by atoms with Gasteiger partial charge in [-0.25, -0.2) is 0 Å². The first kappa shape index (κ1) is 13.6. The first-order valence-corrected chi connectivity index (χ1v) is 5.15. The van der Waals surface area contributed by atoms with Crippen molar-refractivity contribution in [1.29, 1.82) is 0 Å². The first-order chi connectivity index (χ1) is 8.01. The number of aliphatic hydroxyl groups excluding tert-OH is 1. The van der Waals surface area contributed by atoms with Crippen LogP contribution in [0.2, 0.25) is 0 Å². The highest BCUT2D eigenvalue weighted by molar-refractivity contribution is 5.67. The summed E-state index contributed by atoms with van der Waals surface area (Å²) in [4.78, 5) is 10.9. The molecule has 0 fully saturated rings. The number of carbonyl (C=O) groups is 1. The van der Waals surface area contributed by atoms with E-state index < -0.39 is 17.9 Å². The van der Waals surface area contributed by atoms with Gasteiger partial charge in [0.15, 0.2) is 0 Å². The lowest BCUT2D eigenvalue weighted by molar-refractivity contribution is -0.217. The summed E-state index contributed by atoms with van der Waals surface area (Å²) in [5.41, 5.74) is 0.753. The lowest BCUT2D eigenvalue weighted by Gasteiger charge is -2.32. The Kier molecular flexibility index (Phi) is 4.62. The van der Waals surface area contributed by atoms with Gasteiger partial charge in [-0.15, -0.1) is 0 Å². The van der Waals surface area contributed by atoms with Gasteiger partial charge >= 0.3 is 5.97 Å². The minimum atomic E-state index is -1.78. The second-order valence-electron chi connectivity index (χ2n) is 3.59. The summed E-state index contributed by atoms with van der Waals surface area (Å²) in [6, 6.07) is 0. The molecule has 1 rings (SSSR count). The maximum atomic E-state index is 10.9. The second-order valence-corrected chi connectivity index (χ2v) is 3.59. The predicted octanol–water partition coefficient (Wildman–Crippen LogP) is 0.298. The molecule has 5 heteroatoms. The molecular weight excluding hydrogens is 224 g/mol. The van der Waals surface area contributed by atoms with E-state index in [0.29, 0.717) is 0 Å². The van der Waals surface area contributed by atoms with E-state index in [4.69, 9.17) is 14.6 Å². The van der Waals surface area contributed by atoms with E-state index in [1.807, 2.05) is 0 Å². The monoisotopic (exact) mass is 240 g/mol. The van der Waals surface area contributed by atoms with Crippen molar-refractivity contribution >= 4 is 5.97 Å². The van der Waals surface area contributed by atoms with Crippen LogP contribution in [-0.2, 0) is 14.3 Å². The van der Waals surface area contributed by atoms with E-state index >= 15 is 0 Å². The number of carbonyl (C=O) groups excluding carboxylic acids is 1. The molecule has 0 heterocycles. The van der Waals surface area contributed by atoms with Crippen LogP contribution in [0.1, 0.15) is 6.92 Å². The number of allylic oxidation sites excluding steroid dienone is 3.